The van der Waals surface area contributed by atoms with Gasteiger partial charge in [0.25, 0.3) is 0 Å². The summed E-state index contributed by atoms with van der Waals surface area (Å²) in [7, 11) is 0. The van der Waals surface area contributed by atoms with Gasteiger partial charge in [0.15, 0.2) is 0 Å². The van der Waals surface area contributed by atoms with Crippen LogP contribution in [-0.4, -0.2) is 15.9 Å². The summed E-state index contributed by atoms with van der Waals surface area (Å²) in [6, 6.07) is 48.9. The molecule has 0 spiro atoms. The average molecular weight is 670 g/mol. The van der Waals surface area contributed by atoms with E-state index in [1.54, 1.807) is 0 Å². The summed E-state index contributed by atoms with van der Waals surface area (Å²) in [6.45, 7) is 8.55. The van der Waals surface area contributed by atoms with E-state index >= 15 is 0 Å². The summed E-state index contributed by atoms with van der Waals surface area (Å²) in [4.78, 5) is 4.43. The van der Waals surface area contributed by atoms with Crippen LogP contribution in [0.5, 0.6) is 0 Å². The zero-order valence-electron chi connectivity index (χ0n) is 29.1. The molecule has 3 nitrogen and oxygen atoms in total. The van der Waals surface area contributed by atoms with Crippen molar-refractivity contribution in [3.63, 3.8) is 0 Å². The number of fused-ring (bicyclic) bond motifs is 2. The van der Waals surface area contributed by atoms with Gasteiger partial charge in [-0.25, -0.2) is 0 Å². The topological polar surface area (TPSA) is 22.2 Å². The Balaban J connectivity index is 1.24. The molecular weight excluding hydrogens is 631 g/mol. The highest BCUT2D eigenvalue weighted by atomic mass is 15.0. The van der Waals surface area contributed by atoms with Crippen molar-refractivity contribution in [3.8, 4) is 5.69 Å². The first-order chi connectivity index (χ1) is 25.7. The number of hydrogen-bond donors (Lipinski definition) is 0. The van der Waals surface area contributed by atoms with Crippen molar-refractivity contribution in [3.05, 3.63) is 216 Å². The van der Waals surface area contributed by atoms with E-state index in [1.807, 2.05) is 18.2 Å². The van der Waals surface area contributed by atoms with Crippen LogP contribution >= 0.6 is 0 Å². The molecule has 0 aliphatic heterocycles. The molecule has 1 aliphatic rings. The maximum absolute atomic E-state index is 4.64. The van der Waals surface area contributed by atoms with Crippen molar-refractivity contribution in [2.24, 2.45) is 4.99 Å². The van der Waals surface area contributed by atoms with E-state index in [9.17, 15) is 0 Å². The molecule has 0 saturated heterocycles. The van der Waals surface area contributed by atoms with Gasteiger partial charge in [0.05, 0.1) is 22.1 Å². The number of hydrogen-bond acceptors (Lipinski definition) is 1. The third kappa shape index (κ3) is 6.48. The summed E-state index contributed by atoms with van der Waals surface area (Å²) in [5.74, 6) is 0. The maximum Gasteiger partial charge on any atom is 0.0715 e. The van der Waals surface area contributed by atoms with Crippen LogP contribution < -0.4 is 10.6 Å². The van der Waals surface area contributed by atoms with Gasteiger partial charge in [-0.15, -0.1) is 0 Å². The van der Waals surface area contributed by atoms with Gasteiger partial charge in [0.1, 0.15) is 0 Å². The molecule has 0 unspecified atom stereocenters. The molecule has 0 N–H and O–H groups in total. The van der Waals surface area contributed by atoms with E-state index in [2.05, 4.69) is 197 Å². The molecule has 2 heterocycles. The molecule has 0 bridgehead atoms. The van der Waals surface area contributed by atoms with Crippen molar-refractivity contribution >= 4 is 57.1 Å². The molecule has 1 aliphatic carbocycles. The summed E-state index contributed by atoms with van der Waals surface area (Å²) >= 11 is 0. The van der Waals surface area contributed by atoms with Gasteiger partial charge in [-0.3, -0.25) is 4.99 Å². The van der Waals surface area contributed by atoms with Gasteiger partial charge < -0.3 is 9.13 Å². The second-order valence-electron chi connectivity index (χ2n) is 13.0. The van der Waals surface area contributed by atoms with Gasteiger partial charge >= 0.3 is 0 Å². The fourth-order valence-corrected chi connectivity index (χ4v) is 7.12. The lowest BCUT2D eigenvalue weighted by Crippen LogP contribution is -2.31. The molecule has 52 heavy (non-hydrogen) atoms. The molecule has 0 atom stereocenters. The number of allylic oxidation sites excluding steroid dienone is 8. The van der Waals surface area contributed by atoms with Crippen LogP contribution in [0, 0.1) is 0 Å². The lowest BCUT2D eigenvalue weighted by atomic mass is 10.0. The monoisotopic (exact) mass is 669 g/mol. The molecule has 5 aromatic carbocycles. The van der Waals surface area contributed by atoms with Crippen LogP contribution in [0.3, 0.4) is 0 Å². The van der Waals surface area contributed by atoms with Crippen molar-refractivity contribution in [1.29, 1.82) is 0 Å². The van der Waals surface area contributed by atoms with E-state index < -0.39 is 0 Å². The Morgan fingerprint density at radius 1 is 0.731 bits per heavy atom. The van der Waals surface area contributed by atoms with Gasteiger partial charge in [-0.2, -0.15) is 0 Å². The Hall–Kier alpha value is -6.71. The second-order valence-corrected chi connectivity index (χ2v) is 13.0. The predicted octanol–water partition coefficient (Wildman–Crippen LogP) is 10.6. The minimum absolute atomic E-state index is 0.790. The fraction of sp³-hybridized carbons (Fsp3) is 0.0408. The molecule has 8 rings (SSSR count). The Bertz CT molecular complexity index is 2680. The normalized spacial score (nSPS) is 14.7. The molecule has 3 heteroatoms. The second kappa shape index (κ2) is 14.6. The minimum Gasteiger partial charge on any atom is -0.317 e. The highest BCUT2D eigenvalue weighted by Gasteiger charge is 2.14. The largest absolute Gasteiger partial charge is 0.317 e. The van der Waals surface area contributed by atoms with Gasteiger partial charge in [-0.1, -0.05) is 140 Å². The van der Waals surface area contributed by atoms with Crippen molar-refractivity contribution in [1.82, 2.24) is 9.13 Å². The molecule has 0 radical (unpaired) electrons. The molecule has 0 amide bonds. The maximum atomic E-state index is 4.64. The highest BCUT2D eigenvalue weighted by Crippen LogP contribution is 2.28. The van der Waals surface area contributed by atoms with E-state index in [0.717, 1.165) is 57.5 Å². The average Bonchev–Trinajstić information content (AvgIpc) is 3.78. The number of benzene rings is 5. The van der Waals surface area contributed by atoms with Crippen LogP contribution in [0.25, 0.3) is 56.1 Å². The number of aliphatic imine (C=N–C) groups is 1. The van der Waals surface area contributed by atoms with Gasteiger partial charge in [0, 0.05) is 39.1 Å². The third-order valence-corrected chi connectivity index (χ3v) is 9.69. The Kier molecular flexibility index (Phi) is 9.15. The fourth-order valence-electron chi connectivity index (χ4n) is 7.12. The molecule has 250 valence electrons. The Morgan fingerprint density at radius 2 is 1.46 bits per heavy atom. The zero-order valence-corrected chi connectivity index (χ0v) is 29.1. The van der Waals surface area contributed by atoms with Crippen LogP contribution in [0.4, 0.5) is 0 Å². The zero-order chi connectivity index (χ0) is 35.3. The first kappa shape index (κ1) is 32.5. The smallest absolute Gasteiger partial charge is 0.0715 e. The van der Waals surface area contributed by atoms with Crippen LogP contribution in [0.15, 0.2) is 194 Å². The lowest BCUT2D eigenvalue weighted by molar-refractivity contribution is 1.05. The SMILES string of the molecule is C=N/C(=C\C(=C/Cc1ccccc1)n1ccc2cc(C(=C)/C=c3\c(=C4\C=CC=CC4)n(-c4ccccc4)c4ccccc34)ccc21)c1ccccc1. The molecular formula is C49H39N3. The minimum atomic E-state index is 0.790. The van der Waals surface area contributed by atoms with Crippen molar-refractivity contribution < 1.29 is 0 Å². The first-order valence-corrected chi connectivity index (χ1v) is 17.7. The predicted molar refractivity (Wildman–Crippen MR) is 223 cm³/mol. The quantitative estimate of drug-likeness (QED) is 0.108. The van der Waals surface area contributed by atoms with E-state index in [1.165, 1.54) is 32.6 Å². The Labute approximate surface area is 304 Å². The number of para-hydroxylation sites is 2. The van der Waals surface area contributed by atoms with Crippen LogP contribution in [0.2, 0.25) is 0 Å². The molecule has 2 aromatic heterocycles. The highest BCUT2D eigenvalue weighted by molar-refractivity contribution is 5.96. The summed E-state index contributed by atoms with van der Waals surface area (Å²) in [5.41, 5.74) is 10.9. The van der Waals surface area contributed by atoms with Crippen molar-refractivity contribution in [2.75, 3.05) is 0 Å². The van der Waals surface area contributed by atoms with E-state index in [0.29, 0.717) is 0 Å². The van der Waals surface area contributed by atoms with Gasteiger partial charge in [0.2, 0.25) is 0 Å². The van der Waals surface area contributed by atoms with E-state index in [4.69, 9.17) is 0 Å². The van der Waals surface area contributed by atoms with Crippen LogP contribution in [0.1, 0.15) is 23.1 Å². The summed E-state index contributed by atoms with van der Waals surface area (Å²) < 4.78 is 4.64. The third-order valence-electron chi connectivity index (χ3n) is 9.69. The molecule has 0 fully saturated rings. The first-order valence-electron chi connectivity index (χ1n) is 17.7. The summed E-state index contributed by atoms with van der Waals surface area (Å²) in [5, 5.41) is 4.72. The van der Waals surface area contributed by atoms with E-state index in [-0.39, 0.29) is 0 Å². The lowest BCUT2D eigenvalue weighted by Gasteiger charge is -2.11. The molecule has 0 saturated carbocycles. The van der Waals surface area contributed by atoms with Crippen molar-refractivity contribution in [2.45, 2.75) is 12.8 Å². The number of aromatic nitrogens is 2. The Morgan fingerprint density at radius 3 is 2.21 bits per heavy atom. The number of rotatable bonds is 9. The van der Waals surface area contributed by atoms with Gasteiger partial charge in [-0.05, 0) is 90.4 Å². The number of nitrogens with zero attached hydrogens (tertiary/aromatic N) is 3. The summed E-state index contributed by atoms with van der Waals surface area (Å²) in [6.07, 6.45) is 19.2. The molecule has 7 aromatic rings. The van der Waals surface area contributed by atoms with Crippen LogP contribution in [-0.2, 0) is 6.42 Å². The standard InChI is InChI=1S/C49H39N3/c1-36(33-45-44-25-15-16-26-48(44)52(42-23-13-6-14-24-42)49(45)39-21-11-5-12-22-39)40-28-30-47-41(34-40)31-32-51(47)43(29-27-37-17-7-3-8-18-37)35-46(50-2)38-19-9-4-10-20-38/h3-21,23-26,28-35H,1-2,22,27H2/b43-29+,45-33-,46-35-,49-39+.